The summed E-state index contributed by atoms with van der Waals surface area (Å²) in [6, 6.07) is 0. The molecule has 0 atom stereocenters. The zero-order valence-corrected chi connectivity index (χ0v) is 10.9. The lowest BCUT2D eigenvalue weighted by Gasteiger charge is -1.94. The smallest absolute Gasteiger partial charge is 0.161 e. The van der Waals surface area contributed by atoms with Crippen molar-refractivity contribution in [2.24, 2.45) is 0 Å². The highest BCUT2D eigenvalue weighted by atomic mass is 32.1. The molecule has 1 N–H and O–H groups in total. The second-order valence-corrected chi connectivity index (χ2v) is 5.21. The molecule has 5 nitrogen and oxygen atoms in total. The minimum Gasteiger partial charge on any atom is -0.320 e. The van der Waals surface area contributed by atoms with Gasteiger partial charge in [0.15, 0.2) is 5.01 Å². The molecule has 0 aliphatic heterocycles. The molecule has 0 bridgehead atoms. The lowest BCUT2D eigenvalue weighted by molar-refractivity contribution is 0.718. The average Bonchev–Trinajstić information content (AvgIpc) is 2.87. The SMILES string of the molecule is CNCCCc1nnc(-c2snnc2C)s1. The van der Waals surface area contributed by atoms with Crippen molar-refractivity contribution in [1.82, 2.24) is 25.1 Å². The van der Waals surface area contributed by atoms with Crippen molar-refractivity contribution in [2.75, 3.05) is 13.6 Å². The van der Waals surface area contributed by atoms with Gasteiger partial charge in [-0.05, 0) is 38.5 Å². The molecule has 0 fully saturated rings. The number of hydrogen-bond donors (Lipinski definition) is 1. The van der Waals surface area contributed by atoms with Crippen LogP contribution in [0.15, 0.2) is 0 Å². The van der Waals surface area contributed by atoms with E-state index in [0.29, 0.717) is 0 Å². The van der Waals surface area contributed by atoms with E-state index in [1.54, 1.807) is 11.3 Å². The molecule has 0 radical (unpaired) electrons. The van der Waals surface area contributed by atoms with Gasteiger partial charge in [-0.1, -0.05) is 15.8 Å². The molecule has 2 heterocycles. The topological polar surface area (TPSA) is 63.6 Å². The van der Waals surface area contributed by atoms with Crippen LogP contribution < -0.4 is 5.32 Å². The molecule has 7 heteroatoms. The van der Waals surface area contributed by atoms with E-state index in [-0.39, 0.29) is 0 Å². The fourth-order valence-electron chi connectivity index (χ4n) is 1.29. The van der Waals surface area contributed by atoms with Crippen LogP contribution in [0.5, 0.6) is 0 Å². The van der Waals surface area contributed by atoms with Crippen LogP contribution in [-0.4, -0.2) is 33.4 Å². The summed E-state index contributed by atoms with van der Waals surface area (Å²) in [5.74, 6) is 0. The minimum absolute atomic E-state index is 0.933. The molecule has 0 unspecified atom stereocenters. The Morgan fingerprint density at radius 2 is 2.12 bits per heavy atom. The van der Waals surface area contributed by atoms with Crippen molar-refractivity contribution in [1.29, 1.82) is 0 Å². The molecule has 2 aromatic heterocycles. The van der Waals surface area contributed by atoms with Crippen molar-refractivity contribution in [3.8, 4) is 9.88 Å². The number of rotatable bonds is 5. The standard InChI is InChI=1S/C9H13N5S2/c1-6-8(16-14-11-6)9-13-12-7(15-9)4-3-5-10-2/h10H,3-5H2,1-2H3. The molecule has 86 valence electrons. The minimum atomic E-state index is 0.933. The van der Waals surface area contributed by atoms with Crippen LogP contribution in [0.4, 0.5) is 0 Å². The first kappa shape index (κ1) is 11.6. The predicted octanol–water partition coefficient (Wildman–Crippen LogP) is 1.52. The van der Waals surface area contributed by atoms with Crippen LogP contribution in [0.1, 0.15) is 17.1 Å². The van der Waals surface area contributed by atoms with Crippen molar-refractivity contribution >= 4 is 22.9 Å². The van der Waals surface area contributed by atoms with Crippen molar-refractivity contribution in [3.63, 3.8) is 0 Å². The maximum atomic E-state index is 4.18. The van der Waals surface area contributed by atoms with Crippen molar-refractivity contribution in [3.05, 3.63) is 10.7 Å². The van der Waals surface area contributed by atoms with Gasteiger partial charge in [-0.2, -0.15) is 0 Å². The summed E-state index contributed by atoms with van der Waals surface area (Å²) < 4.78 is 3.90. The summed E-state index contributed by atoms with van der Waals surface area (Å²) in [6.45, 7) is 2.96. The van der Waals surface area contributed by atoms with Crippen LogP contribution in [0.25, 0.3) is 9.88 Å². The summed E-state index contributed by atoms with van der Waals surface area (Å²) in [4.78, 5) is 1.04. The van der Waals surface area contributed by atoms with Crippen LogP contribution in [-0.2, 0) is 6.42 Å². The lowest BCUT2D eigenvalue weighted by atomic mass is 10.3. The normalized spacial score (nSPS) is 10.9. The highest BCUT2D eigenvalue weighted by Gasteiger charge is 2.11. The van der Waals surface area contributed by atoms with Gasteiger partial charge in [0.25, 0.3) is 0 Å². The predicted molar refractivity (Wildman–Crippen MR) is 65.8 cm³/mol. The van der Waals surface area contributed by atoms with E-state index in [0.717, 1.165) is 40.0 Å². The second kappa shape index (κ2) is 5.42. The molecular weight excluding hydrogens is 242 g/mol. The van der Waals surface area contributed by atoms with Gasteiger partial charge in [-0.15, -0.1) is 15.3 Å². The number of aryl methyl sites for hydroxylation is 2. The summed E-state index contributed by atoms with van der Waals surface area (Å²) >= 11 is 3.01. The first-order valence-electron chi connectivity index (χ1n) is 5.07. The Kier molecular flexibility index (Phi) is 3.92. The summed E-state index contributed by atoms with van der Waals surface area (Å²) in [5.41, 5.74) is 0.933. The Labute approximate surface area is 102 Å². The van der Waals surface area contributed by atoms with E-state index >= 15 is 0 Å². The van der Waals surface area contributed by atoms with Crippen LogP contribution in [0, 0.1) is 6.92 Å². The number of hydrogen-bond acceptors (Lipinski definition) is 7. The molecule has 2 aromatic rings. The molecule has 0 aliphatic rings. The molecule has 0 saturated carbocycles. The van der Waals surface area contributed by atoms with Crippen LogP contribution in [0.2, 0.25) is 0 Å². The number of nitrogens with zero attached hydrogens (tertiary/aromatic N) is 4. The second-order valence-electron chi connectivity index (χ2n) is 3.40. The molecular formula is C9H13N5S2. The van der Waals surface area contributed by atoms with Gasteiger partial charge < -0.3 is 5.32 Å². The maximum Gasteiger partial charge on any atom is 0.161 e. The first-order valence-corrected chi connectivity index (χ1v) is 6.66. The van der Waals surface area contributed by atoms with Crippen LogP contribution in [0.3, 0.4) is 0 Å². The largest absolute Gasteiger partial charge is 0.320 e. The third-order valence-electron chi connectivity index (χ3n) is 2.13. The summed E-state index contributed by atoms with van der Waals surface area (Å²) in [7, 11) is 1.96. The van der Waals surface area contributed by atoms with Crippen molar-refractivity contribution < 1.29 is 0 Å². The van der Waals surface area contributed by atoms with Gasteiger partial charge in [0, 0.05) is 6.42 Å². The third-order valence-corrected chi connectivity index (χ3v) is 4.09. The molecule has 16 heavy (non-hydrogen) atoms. The quantitative estimate of drug-likeness (QED) is 0.821. The van der Waals surface area contributed by atoms with Crippen molar-refractivity contribution in [2.45, 2.75) is 19.8 Å². The Bertz CT molecular complexity index is 450. The third kappa shape index (κ3) is 2.60. The van der Waals surface area contributed by atoms with E-state index in [4.69, 9.17) is 0 Å². The van der Waals surface area contributed by atoms with Crippen LogP contribution >= 0.6 is 22.9 Å². The fourth-order valence-corrected chi connectivity index (χ4v) is 2.94. The van der Waals surface area contributed by atoms with Gasteiger partial charge in [0.05, 0.1) is 5.69 Å². The summed E-state index contributed by atoms with van der Waals surface area (Å²) in [5, 5.41) is 17.5. The Morgan fingerprint density at radius 3 is 2.81 bits per heavy atom. The number of nitrogens with one attached hydrogen (secondary N) is 1. The monoisotopic (exact) mass is 255 g/mol. The highest BCUT2D eigenvalue weighted by molar-refractivity contribution is 7.19. The van der Waals surface area contributed by atoms with E-state index in [1.165, 1.54) is 11.5 Å². The molecule has 0 spiro atoms. The van der Waals surface area contributed by atoms with Gasteiger partial charge >= 0.3 is 0 Å². The van der Waals surface area contributed by atoms with E-state index in [1.807, 2.05) is 14.0 Å². The van der Waals surface area contributed by atoms with Gasteiger partial charge in [-0.25, -0.2) is 0 Å². The fraction of sp³-hybridized carbons (Fsp3) is 0.556. The zero-order chi connectivity index (χ0) is 11.4. The van der Waals surface area contributed by atoms with E-state index in [2.05, 4.69) is 25.1 Å². The Morgan fingerprint density at radius 1 is 1.25 bits per heavy atom. The van der Waals surface area contributed by atoms with E-state index in [9.17, 15) is 0 Å². The number of aromatic nitrogens is 4. The molecule has 0 saturated heterocycles. The Balaban J connectivity index is 2.05. The molecule has 0 aliphatic carbocycles. The van der Waals surface area contributed by atoms with E-state index < -0.39 is 0 Å². The molecule has 2 rings (SSSR count). The average molecular weight is 255 g/mol. The Hall–Kier alpha value is -0.920. The lowest BCUT2D eigenvalue weighted by Crippen LogP contribution is -2.08. The first-order chi connectivity index (χ1) is 7.81. The molecule has 0 aromatic carbocycles. The molecule has 0 amide bonds. The summed E-state index contributed by atoms with van der Waals surface area (Å²) in [6.07, 6.45) is 2.06. The van der Waals surface area contributed by atoms with Gasteiger partial charge in [0.2, 0.25) is 0 Å². The maximum absolute atomic E-state index is 4.18. The van der Waals surface area contributed by atoms with Gasteiger partial charge in [-0.3, -0.25) is 0 Å². The van der Waals surface area contributed by atoms with Gasteiger partial charge in [0.1, 0.15) is 9.88 Å². The zero-order valence-electron chi connectivity index (χ0n) is 9.23. The highest BCUT2D eigenvalue weighted by Crippen LogP contribution is 2.28.